The number of ether oxygens (including phenoxy) is 1. The molecule has 1 aromatic carbocycles. The SMILES string of the molecule is COC(=O)c1coc(CNc2c(Cl)cc(Cl)cc2Cl)c1. The lowest BCUT2D eigenvalue weighted by atomic mass is 10.3. The highest BCUT2D eigenvalue weighted by atomic mass is 35.5. The van der Waals surface area contributed by atoms with Crippen molar-refractivity contribution in [2.45, 2.75) is 6.54 Å². The van der Waals surface area contributed by atoms with Crippen molar-refractivity contribution in [1.82, 2.24) is 0 Å². The summed E-state index contributed by atoms with van der Waals surface area (Å²) in [6, 6.07) is 4.75. The van der Waals surface area contributed by atoms with E-state index in [0.717, 1.165) is 0 Å². The van der Waals surface area contributed by atoms with Crippen LogP contribution in [0, 0.1) is 0 Å². The van der Waals surface area contributed by atoms with Gasteiger partial charge in [0.15, 0.2) is 0 Å². The van der Waals surface area contributed by atoms with Crippen LogP contribution in [0.3, 0.4) is 0 Å². The predicted octanol–water partition coefficient (Wildman–Crippen LogP) is 4.64. The van der Waals surface area contributed by atoms with Gasteiger partial charge in [0.1, 0.15) is 12.0 Å². The Morgan fingerprint density at radius 2 is 1.90 bits per heavy atom. The first-order valence-electron chi connectivity index (χ1n) is 5.55. The van der Waals surface area contributed by atoms with Gasteiger partial charge < -0.3 is 14.5 Å². The summed E-state index contributed by atoms with van der Waals surface area (Å²) in [5.74, 6) is 0.0926. The smallest absolute Gasteiger partial charge is 0.341 e. The standard InChI is InChI=1S/C13H10Cl3NO3/c1-19-13(18)7-2-9(20-6-7)5-17-12-10(15)3-8(14)4-11(12)16/h2-4,6,17H,5H2,1H3. The highest BCUT2D eigenvalue weighted by Gasteiger charge is 2.12. The number of halogens is 3. The fourth-order valence-corrected chi connectivity index (χ4v) is 2.54. The van der Waals surface area contributed by atoms with Crippen LogP contribution in [0.2, 0.25) is 15.1 Å². The van der Waals surface area contributed by atoms with E-state index in [9.17, 15) is 4.79 Å². The number of benzene rings is 1. The summed E-state index contributed by atoms with van der Waals surface area (Å²) >= 11 is 17.9. The molecule has 1 N–H and O–H groups in total. The molecule has 20 heavy (non-hydrogen) atoms. The molecule has 0 atom stereocenters. The molecule has 0 aliphatic heterocycles. The highest BCUT2D eigenvalue weighted by molar-refractivity contribution is 6.41. The summed E-state index contributed by atoms with van der Waals surface area (Å²) in [6.07, 6.45) is 1.33. The van der Waals surface area contributed by atoms with Crippen LogP contribution in [0.1, 0.15) is 16.1 Å². The van der Waals surface area contributed by atoms with Crippen molar-refractivity contribution in [2.75, 3.05) is 12.4 Å². The molecule has 1 aromatic heterocycles. The van der Waals surface area contributed by atoms with Crippen LogP contribution in [0.4, 0.5) is 5.69 Å². The minimum Gasteiger partial charge on any atom is -0.467 e. The molecule has 1 heterocycles. The van der Waals surface area contributed by atoms with Gasteiger partial charge in [0.2, 0.25) is 0 Å². The minimum atomic E-state index is -0.456. The molecule has 0 aliphatic carbocycles. The Labute approximate surface area is 130 Å². The molecule has 0 amide bonds. The number of methoxy groups -OCH3 is 1. The highest BCUT2D eigenvalue weighted by Crippen LogP contribution is 2.33. The van der Waals surface area contributed by atoms with E-state index in [2.05, 4.69) is 10.1 Å². The maximum absolute atomic E-state index is 11.3. The van der Waals surface area contributed by atoms with Gasteiger partial charge in [-0.1, -0.05) is 34.8 Å². The van der Waals surface area contributed by atoms with Gasteiger partial charge in [0.05, 0.1) is 35.0 Å². The van der Waals surface area contributed by atoms with Crippen LogP contribution in [0.25, 0.3) is 0 Å². The zero-order chi connectivity index (χ0) is 14.7. The Kier molecular flexibility index (Phi) is 4.81. The van der Waals surface area contributed by atoms with Crippen molar-refractivity contribution in [3.05, 3.63) is 50.9 Å². The molecule has 0 unspecified atom stereocenters. The molecule has 2 aromatic rings. The van der Waals surface area contributed by atoms with Crippen LogP contribution in [0.5, 0.6) is 0 Å². The molecule has 0 bridgehead atoms. The van der Waals surface area contributed by atoms with E-state index in [0.29, 0.717) is 38.6 Å². The van der Waals surface area contributed by atoms with Crippen LogP contribution in [0.15, 0.2) is 28.9 Å². The monoisotopic (exact) mass is 333 g/mol. The number of carbonyl (C=O) groups is 1. The Bertz CT molecular complexity index is 617. The Morgan fingerprint density at radius 1 is 1.25 bits per heavy atom. The van der Waals surface area contributed by atoms with Gasteiger partial charge in [-0.2, -0.15) is 0 Å². The van der Waals surface area contributed by atoms with Crippen molar-refractivity contribution < 1.29 is 13.9 Å². The molecule has 0 fully saturated rings. The summed E-state index contributed by atoms with van der Waals surface area (Å²) in [5.41, 5.74) is 0.895. The molecule has 106 valence electrons. The summed E-state index contributed by atoms with van der Waals surface area (Å²) in [7, 11) is 1.31. The number of nitrogens with one attached hydrogen (secondary N) is 1. The average molecular weight is 335 g/mol. The maximum atomic E-state index is 11.3. The van der Waals surface area contributed by atoms with Gasteiger partial charge in [-0.25, -0.2) is 4.79 Å². The van der Waals surface area contributed by atoms with Crippen LogP contribution in [-0.4, -0.2) is 13.1 Å². The predicted molar refractivity (Wildman–Crippen MR) is 78.8 cm³/mol. The number of hydrogen-bond donors (Lipinski definition) is 1. The number of furan rings is 1. The van der Waals surface area contributed by atoms with Crippen molar-refractivity contribution in [1.29, 1.82) is 0 Å². The normalized spacial score (nSPS) is 10.4. The Morgan fingerprint density at radius 3 is 2.50 bits per heavy atom. The van der Waals surface area contributed by atoms with E-state index in [4.69, 9.17) is 39.2 Å². The van der Waals surface area contributed by atoms with Gasteiger partial charge in [0.25, 0.3) is 0 Å². The van der Waals surface area contributed by atoms with Gasteiger partial charge in [0, 0.05) is 5.02 Å². The number of carbonyl (C=O) groups excluding carboxylic acids is 1. The van der Waals surface area contributed by atoms with E-state index >= 15 is 0 Å². The number of anilines is 1. The Balaban J connectivity index is 2.09. The summed E-state index contributed by atoms with van der Waals surface area (Å²) < 4.78 is 9.82. The van der Waals surface area contributed by atoms with E-state index < -0.39 is 5.97 Å². The van der Waals surface area contributed by atoms with Crippen molar-refractivity contribution in [3.8, 4) is 0 Å². The Hall–Kier alpha value is -1.36. The van der Waals surface area contributed by atoms with Gasteiger partial charge >= 0.3 is 5.97 Å². The molecule has 7 heteroatoms. The zero-order valence-electron chi connectivity index (χ0n) is 10.4. The lowest BCUT2D eigenvalue weighted by Gasteiger charge is -2.09. The van der Waals surface area contributed by atoms with E-state index in [1.165, 1.54) is 13.4 Å². The number of hydrogen-bond acceptors (Lipinski definition) is 4. The van der Waals surface area contributed by atoms with Crippen LogP contribution in [-0.2, 0) is 11.3 Å². The molecule has 0 spiro atoms. The van der Waals surface area contributed by atoms with Crippen molar-refractivity contribution >= 4 is 46.5 Å². The maximum Gasteiger partial charge on any atom is 0.341 e. The lowest BCUT2D eigenvalue weighted by molar-refractivity contribution is 0.0600. The first kappa shape index (κ1) is 15.0. The van der Waals surface area contributed by atoms with Crippen molar-refractivity contribution in [3.63, 3.8) is 0 Å². The van der Waals surface area contributed by atoms with Crippen LogP contribution >= 0.6 is 34.8 Å². The first-order chi connectivity index (χ1) is 9.51. The summed E-state index contributed by atoms with van der Waals surface area (Å²) in [6.45, 7) is 0.318. The first-order valence-corrected chi connectivity index (χ1v) is 6.68. The van der Waals surface area contributed by atoms with Gasteiger partial charge in [-0.05, 0) is 18.2 Å². The van der Waals surface area contributed by atoms with E-state index in [1.54, 1.807) is 18.2 Å². The fourth-order valence-electron chi connectivity index (χ4n) is 1.58. The second-order valence-electron chi connectivity index (χ2n) is 3.89. The second kappa shape index (κ2) is 6.39. The topological polar surface area (TPSA) is 51.5 Å². The summed E-state index contributed by atoms with van der Waals surface area (Å²) in [4.78, 5) is 11.3. The number of esters is 1. The molecule has 0 saturated heterocycles. The molecule has 0 saturated carbocycles. The molecular formula is C13H10Cl3NO3. The second-order valence-corrected chi connectivity index (χ2v) is 5.14. The van der Waals surface area contributed by atoms with Crippen LogP contribution < -0.4 is 5.32 Å². The molecule has 2 rings (SSSR count). The zero-order valence-corrected chi connectivity index (χ0v) is 12.6. The lowest BCUT2D eigenvalue weighted by Crippen LogP contribution is -2.01. The van der Waals surface area contributed by atoms with Gasteiger partial charge in [-0.15, -0.1) is 0 Å². The van der Waals surface area contributed by atoms with E-state index in [1.807, 2.05) is 0 Å². The third-order valence-corrected chi connectivity index (χ3v) is 3.34. The minimum absolute atomic E-state index is 0.318. The van der Waals surface area contributed by atoms with E-state index in [-0.39, 0.29) is 0 Å². The summed E-state index contributed by atoms with van der Waals surface area (Å²) in [5, 5.41) is 4.29. The molecular weight excluding hydrogens is 325 g/mol. The largest absolute Gasteiger partial charge is 0.467 e. The molecule has 0 aliphatic rings. The quantitative estimate of drug-likeness (QED) is 0.828. The third-order valence-electron chi connectivity index (χ3n) is 2.52. The average Bonchev–Trinajstić information content (AvgIpc) is 2.85. The fraction of sp³-hybridized carbons (Fsp3) is 0.154. The molecule has 0 radical (unpaired) electrons. The third kappa shape index (κ3) is 3.39. The number of rotatable bonds is 4. The molecule has 4 nitrogen and oxygen atoms in total. The van der Waals surface area contributed by atoms with Gasteiger partial charge in [-0.3, -0.25) is 0 Å². The van der Waals surface area contributed by atoms with Crippen molar-refractivity contribution in [2.24, 2.45) is 0 Å².